The molecule has 74 valence electrons. The third-order valence-corrected chi connectivity index (χ3v) is 1.84. The van der Waals surface area contributed by atoms with Crippen LogP contribution in [0.5, 0.6) is 5.75 Å². The highest BCUT2D eigenvalue weighted by Gasteiger charge is 2.11. The Kier molecular flexibility index (Phi) is 3.40. The van der Waals surface area contributed by atoms with Crippen LogP contribution >= 0.6 is 0 Å². The minimum atomic E-state index is -0.814. The normalized spacial score (nSPS) is 9.57. The largest absolute Gasteiger partial charge is 0.421 e. The van der Waals surface area contributed by atoms with Crippen molar-refractivity contribution in [3.05, 3.63) is 29.8 Å². The standard InChI is InChI=1S/C11H12O3/c1-3-9-6-4-5-7-10(9)14-11(13)8(2)12/h4-7H,3H2,1-2H3. The van der Waals surface area contributed by atoms with E-state index in [2.05, 4.69) is 0 Å². The predicted molar refractivity (Wildman–Crippen MR) is 52.1 cm³/mol. The second-order valence-electron chi connectivity index (χ2n) is 2.91. The maximum absolute atomic E-state index is 11.0. The molecule has 0 radical (unpaired) electrons. The molecule has 0 heterocycles. The molecular formula is C11H12O3. The summed E-state index contributed by atoms with van der Waals surface area (Å²) >= 11 is 0. The molecule has 1 aromatic rings. The minimum absolute atomic E-state index is 0.468. The monoisotopic (exact) mass is 192 g/mol. The van der Waals surface area contributed by atoms with E-state index in [-0.39, 0.29) is 0 Å². The van der Waals surface area contributed by atoms with Crippen LogP contribution in [0.3, 0.4) is 0 Å². The van der Waals surface area contributed by atoms with Crippen LogP contribution in [-0.2, 0) is 16.0 Å². The van der Waals surface area contributed by atoms with Gasteiger partial charge in [0.2, 0.25) is 5.78 Å². The second kappa shape index (κ2) is 4.56. The lowest BCUT2D eigenvalue weighted by Gasteiger charge is -2.06. The van der Waals surface area contributed by atoms with Crippen LogP contribution in [0.25, 0.3) is 0 Å². The van der Waals surface area contributed by atoms with Gasteiger partial charge in [0.15, 0.2) is 0 Å². The summed E-state index contributed by atoms with van der Waals surface area (Å²) < 4.78 is 4.91. The Morgan fingerprint density at radius 3 is 2.50 bits per heavy atom. The number of carbonyl (C=O) groups is 2. The minimum Gasteiger partial charge on any atom is -0.421 e. The van der Waals surface area contributed by atoms with Crippen molar-refractivity contribution in [2.24, 2.45) is 0 Å². The Balaban J connectivity index is 2.85. The lowest BCUT2D eigenvalue weighted by Crippen LogP contribution is -2.17. The number of para-hydroxylation sites is 1. The average molecular weight is 192 g/mol. The fourth-order valence-corrected chi connectivity index (χ4v) is 1.07. The summed E-state index contributed by atoms with van der Waals surface area (Å²) in [6.07, 6.45) is 0.765. The molecular weight excluding hydrogens is 180 g/mol. The number of benzene rings is 1. The maximum atomic E-state index is 11.0. The van der Waals surface area contributed by atoms with Crippen molar-refractivity contribution in [1.29, 1.82) is 0 Å². The summed E-state index contributed by atoms with van der Waals surface area (Å²) in [5, 5.41) is 0. The van der Waals surface area contributed by atoms with E-state index in [1.165, 1.54) is 6.92 Å². The van der Waals surface area contributed by atoms with Gasteiger partial charge in [-0.3, -0.25) is 4.79 Å². The van der Waals surface area contributed by atoms with E-state index in [1.807, 2.05) is 19.1 Å². The van der Waals surface area contributed by atoms with Gasteiger partial charge in [-0.2, -0.15) is 0 Å². The molecule has 0 aliphatic heterocycles. The number of hydrogen-bond acceptors (Lipinski definition) is 3. The van der Waals surface area contributed by atoms with Gasteiger partial charge >= 0.3 is 5.97 Å². The predicted octanol–water partition coefficient (Wildman–Crippen LogP) is 1.74. The van der Waals surface area contributed by atoms with Gasteiger partial charge in [-0.25, -0.2) is 4.79 Å². The summed E-state index contributed by atoms with van der Waals surface area (Å²) in [7, 11) is 0. The van der Waals surface area contributed by atoms with Gasteiger partial charge in [0, 0.05) is 6.92 Å². The van der Waals surface area contributed by atoms with Crippen LogP contribution in [0.15, 0.2) is 24.3 Å². The van der Waals surface area contributed by atoms with E-state index in [0.717, 1.165) is 12.0 Å². The van der Waals surface area contributed by atoms with Crippen molar-refractivity contribution >= 4 is 11.8 Å². The molecule has 0 bridgehead atoms. The molecule has 0 amide bonds. The summed E-state index contributed by atoms with van der Waals surface area (Å²) in [4.78, 5) is 21.7. The zero-order valence-electron chi connectivity index (χ0n) is 8.24. The van der Waals surface area contributed by atoms with Crippen molar-refractivity contribution in [2.45, 2.75) is 20.3 Å². The number of rotatable bonds is 3. The highest BCUT2D eigenvalue weighted by molar-refractivity contribution is 6.33. The maximum Gasteiger partial charge on any atom is 0.379 e. The van der Waals surface area contributed by atoms with Gasteiger partial charge in [0.1, 0.15) is 5.75 Å². The molecule has 0 spiro atoms. The highest BCUT2D eigenvalue weighted by Crippen LogP contribution is 2.18. The summed E-state index contributed by atoms with van der Waals surface area (Å²) in [5.41, 5.74) is 0.919. The van der Waals surface area contributed by atoms with Gasteiger partial charge in [-0.1, -0.05) is 25.1 Å². The zero-order chi connectivity index (χ0) is 10.6. The smallest absolute Gasteiger partial charge is 0.379 e. The highest BCUT2D eigenvalue weighted by atomic mass is 16.5. The Morgan fingerprint density at radius 1 is 1.29 bits per heavy atom. The molecule has 0 aliphatic rings. The molecule has 0 aliphatic carbocycles. The molecule has 0 fully saturated rings. The quantitative estimate of drug-likeness (QED) is 0.416. The molecule has 0 aromatic heterocycles. The van der Waals surface area contributed by atoms with Gasteiger partial charge in [-0.15, -0.1) is 0 Å². The van der Waals surface area contributed by atoms with E-state index >= 15 is 0 Å². The third kappa shape index (κ3) is 2.42. The zero-order valence-corrected chi connectivity index (χ0v) is 8.24. The average Bonchev–Trinajstić information content (AvgIpc) is 2.18. The molecule has 3 nitrogen and oxygen atoms in total. The molecule has 3 heteroatoms. The molecule has 0 unspecified atom stereocenters. The topological polar surface area (TPSA) is 43.4 Å². The van der Waals surface area contributed by atoms with Crippen LogP contribution in [0, 0.1) is 0 Å². The Labute approximate surface area is 82.7 Å². The first-order valence-corrected chi connectivity index (χ1v) is 4.45. The Hall–Kier alpha value is -1.64. The number of esters is 1. The first-order chi connectivity index (χ1) is 6.65. The fraction of sp³-hybridized carbons (Fsp3) is 0.273. The fourth-order valence-electron chi connectivity index (χ4n) is 1.07. The van der Waals surface area contributed by atoms with Crippen molar-refractivity contribution in [3.63, 3.8) is 0 Å². The van der Waals surface area contributed by atoms with Crippen molar-refractivity contribution < 1.29 is 14.3 Å². The lowest BCUT2D eigenvalue weighted by atomic mass is 10.1. The third-order valence-electron chi connectivity index (χ3n) is 1.84. The van der Waals surface area contributed by atoms with Crippen molar-refractivity contribution in [1.82, 2.24) is 0 Å². The van der Waals surface area contributed by atoms with E-state index in [1.54, 1.807) is 12.1 Å². The van der Waals surface area contributed by atoms with Gasteiger partial charge in [0.25, 0.3) is 0 Å². The van der Waals surface area contributed by atoms with Crippen LogP contribution in [0.1, 0.15) is 19.4 Å². The summed E-state index contributed by atoms with van der Waals surface area (Å²) in [6, 6.07) is 7.17. The SMILES string of the molecule is CCc1ccccc1OC(=O)C(C)=O. The number of carbonyl (C=O) groups excluding carboxylic acids is 2. The van der Waals surface area contributed by atoms with E-state index in [9.17, 15) is 9.59 Å². The van der Waals surface area contributed by atoms with Gasteiger partial charge in [0.05, 0.1) is 0 Å². The van der Waals surface area contributed by atoms with E-state index in [0.29, 0.717) is 5.75 Å². The number of aryl methyl sites for hydroxylation is 1. The van der Waals surface area contributed by atoms with E-state index < -0.39 is 11.8 Å². The Bertz CT molecular complexity index is 355. The van der Waals surface area contributed by atoms with Crippen LogP contribution in [0.2, 0.25) is 0 Å². The molecule has 0 atom stereocenters. The van der Waals surface area contributed by atoms with Crippen LogP contribution in [-0.4, -0.2) is 11.8 Å². The van der Waals surface area contributed by atoms with Crippen molar-refractivity contribution in [2.75, 3.05) is 0 Å². The molecule has 0 N–H and O–H groups in total. The molecule has 14 heavy (non-hydrogen) atoms. The van der Waals surface area contributed by atoms with Gasteiger partial charge in [-0.05, 0) is 18.1 Å². The number of Topliss-reactive ketones (excluding diaryl/α,β-unsaturated/α-hetero) is 1. The van der Waals surface area contributed by atoms with Crippen LogP contribution < -0.4 is 4.74 Å². The first kappa shape index (κ1) is 10.4. The molecule has 1 aromatic carbocycles. The summed E-state index contributed by atoms with van der Waals surface area (Å²) in [6.45, 7) is 3.15. The first-order valence-electron chi connectivity index (χ1n) is 4.45. The number of ether oxygens (including phenoxy) is 1. The molecule has 0 saturated heterocycles. The Morgan fingerprint density at radius 2 is 1.93 bits per heavy atom. The second-order valence-corrected chi connectivity index (χ2v) is 2.91. The van der Waals surface area contributed by atoms with Crippen LogP contribution in [0.4, 0.5) is 0 Å². The lowest BCUT2D eigenvalue weighted by molar-refractivity contribution is -0.146. The molecule has 1 rings (SSSR count). The number of ketones is 1. The van der Waals surface area contributed by atoms with Crippen molar-refractivity contribution in [3.8, 4) is 5.75 Å². The summed E-state index contributed by atoms with van der Waals surface area (Å²) in [5.74, 6) is -0.933. The van der Waals surface area contributed by atoms with Gasteiger partial charge < -0.3 is 4.74 Å². The van der Waals surface area contributed by atoms with E-state index in [4.69, 9.17) is 4.74 Å². The molecule has 0 saturated carbocycles. The number of hydrogen-bond donors (Lipinski definition) is 0.